The molecule has 0 fully saturated rings. The summed E-state index contributed by atoms with van der Waals surface area (Å²) < 4.78 is 16.2. The summed E-state index contributed by atoms with van der Waals surface area (Å²) >= 11 is 2.98. The van der Waals surface area contributed by atoms with Crippen LogP contribution in [0.15, 0.2) is 90.3 Å². The number of benzene rings is 3. The van der Waals surface area contributed by atoms with Crippen LogP contribution >= 0.6 is 23.1 Å². The zero-order valence-electron chi connectivity index (χ0n) is 20.6. The van der Waals surface area contributed by atoms with E-state index in [1.165, 1.54) is 34.1 Å². The number of thiazole rings is 1. The monoisotopic (exact) mass is 553 g/mol. The molecule has 0 bridgehead atoms. The smallest absolute Gasteiger partial charge is 0.278 e. The maximum Gasteiger partial charge on any atom is 0.278 e. The van der Waals surface area contributed by atoms with Crippen molar-refractivity contribution >= 4 is 44.9 Å². The third kappa shape index (κ3) is 5.40. The molecule has 1 N–H and O–H groups in total. The highest BCUT2D eigenvalue weighted by molar-refractivity contribution is 7.98. The largest absolute Gasteiger partial charge is 0.321 e. The van der Waals surface area contributed by atoms with E-state index in [1.807, 2.05) is 30.3 Å². The molecule has 192 valence electrons. The van der Waals surface area contributed by atoms with Gasteiger partial charge in [0.1, 0.15) is 10.8 Å². The van der Waals surface area contributed by atoms with Gasteiger partial charge in [-0.2, -0.15) is 0 Å². The molecule has 6 rings (SSSR count). The zero-order valence-corrected chi connectivity index (χ0v) is 22.2. The third-order valence-electron chi connectivity index (χ3n) is 5.86. The molecule has 0 saturated heterocycles. The van der Waals surface area contributed by atoms with Crippen LogP contribution in [0.1, 0.15) is 21.7 Å². The van der Waals surface area contributed by atoms with E-state index in [2.05, 4.69) is 44.7 Å². The molecule has 1 amide bonds. The highest BCUT2D eigenvalue weighted by Crippen LogP contribution is 2.31. The molecule has 0 saturated carbocycles. The van der Waals surface area contributed by atoms with Gasteiger partial charge in [-0.1, -0.05) is 23.0 Å². The number of nitrogens with zero attached hydrogens (tertiary/aromatic N) is 6. The maximum absolute atomic E-state index is 13.5. The molecule has 0 spiro atoms. The molecule has 11 heteroatoms. The number of rotatable bonds is 7. The van der Waals surface area contributed by atoms with E-state index in [9.17, 15) is 9.18 Å². The summed E-state index contributed by atoms with van der Waals surface area (Å²) in [4.78, 5) is 26.5. The highest BCUT2D eigenvalue weighted by Gasteiger charge is 2.22. The lowest BCUT2D eigenvalue weighted by molar-refractivity contribution is 0.102. The Bertz CT molecular complexity index is 1770. The fourth-order valence-electron chi connectivity index (χ4n) is 3.93. The fraction of sp³-hybridized carbons (Fsp3) is 0.0714. The van der Waals surface area contributed by atoms with Crippen molar-refractivity contribution in [3.8, 4) is 16.3 Å². The molecular formula is C28H20FN7OS2. The predicted molar refractivity (Wildman–Crippen MR) is 151 cm³/mol. The van der Waals surface area contributed by atoms with E-state index in [4.69, 9.17) is 4.98 Å². The van der Waals surface area contributed by atoms with Crippen molar-refractivity contribution in [2.75, 3.05) is 5.32 Å². The molecule has 8 nitrogen and oxygen atoms in total. The topological polar surface area (TPSA) is 98.5 Å². The summed E-state index contributed by atoms with van der Waals surface area (Å²) in [6, 6.07) is 21.3. The number of aromatic nitrogens is 6. The van der Waals surface area contributed by atoms with Crippen LogP contribution in [0.4, 0.5) is 10.1 Å². The lowest BCUT2D eigenvalue weighted by Crippen LogP contribution is -2.15. The van der Waals surface area contributed by atoms with Crippen LogP contribution in [0.2, 0.25) is 0 Å². The number of hydrogen-bond donors (Lipinski definition) is 1. The number of halogens is 1. The van der Waals surface area contributed by atoms with Gasteiger partial charge >= 0.3 is 0 Å². The van der Waals surface area contributed by atoms with Crippen LogP contribution in [0.3, 0.4) is 0 Å². The minimum atomic E-state index is -0.406. The van der Waals surface area contributed by atoms with Gasteiger partial charge in [-0.05, 0) is 79.2 Å². The predicted octanol–water partition coefficient (Wildman–Crippen LogP) is 6.33. The number of carbonyl (C=O) groups excluding carboxylic acids is 1. The van der Waals surface area contributed by atoms with Crippen molar-refractivity contribution < 1.29 is 9.18 Å². The first-order valence-corrected chi connectivity index (χ1v) is 13.7. The number of thioether (sulfide) groups is 1. The van der Waals surface area contributed by atoms with E-state index in [0.29, 0.717) is 28.0 Å². The molecule has 0 aliphatic rings. The van der Waals surface area contributed by atoms with Crippen molar-refractivity contribution in [3.63, 3.8) is 0 Å². The van der Waals surface area contributed by atoms with Gasteiger partial charge in [0.05, 0.1) is 21.6 Å². The molecule has 0 aliphatic heterocycles. The highest BCUT2D eigenvalue weighted by atomic mass is 32.2. The second kappa shape index (κ2) is 10.7. The van der Waals surface area contributed by atoms with Crippen molar-refractivity contribution in [2.45, 2.75) is 17.8 Å². The Morgan fingerprint density at radius 2 is 1.79 bits per heavy atom. The second-order valence-corrected chi connectivity index (χ2v) is 10.6. The Hall–Kier alpha value is -4.48. The second-order valence-electron chi connectivity index (χ2n) is 8.61. The van der Waals surface area contributed by atoms with Crippen molar-refractivity contribution in [1.82, 2.24) is 29.9 Å². The molecule has 0 aliphatic carbocycles. The first-order chi connectivity index (χ1) is 19.0. The summed E-state index contributed by atoms with van der Waals surface area (Å²) in [7, 11) is 0. The van der Waals surface area contributed by atoms with Gasteiger partial charge in [-0.25, -0.2) is 24.0 Å². The average molecular weight is 554 g/mol. The molecule has 0 atom stereocenters. The van der Waals surface area contributed by atoms with Gasteiger partial charge in [-0.3, -0.25) is 4.79 Å². The summed E-state index contributed by atoms with van der Waals surface area (Å²) in [5, 5.41) is 12.7. The maximum atomic E-state index is 13.5. The Morgan fingerprint density at radius 3 is 2.56 bits per heavy atom. The van der Waals surface area contributed by atoms with Crippen molar-refractivity contribution in [3.05, 3.63) is 108 Å². The van der Waals surface area contributed by atoms with Gasteiger partial charge in [-0.15, -0.1) is 16.4 Å². The summed E-state index contributed by atoms with van der Waals surface area (Å²) in [6.45, 7) is 2.06. The van der Waals surface area contributed by atoms with Crippen molar-refractivity contribution in [1.29, 1.82) is 0 Å². The number of hydrogen-bond acceptors (Lipinski definition) is 8. The summed E-state index contributed by atoms with van der Waals surface area (Å²) in [6.07, 6.45) is 3.30. The van der Waals surface area contributed by atoms with Crippen LogP contribution in [-0.4, -0.2) is 35.9 Å². The van der Waals surface area contributed by atoms with Crippen LogP contribution < -0.4 is 5.32 Å². The quantitative estimate of drug-likeness (QED) is 0.182. The Labute approximate surface area is 231 Å². The van der Waals surface area contributed by atoms with Crippen LogP contribution in [0, 0.1) is 12.7 Å². The lowest BCUT2D eigenvalue weighted by Gasteiger charge is -2.09. The molecular weight excluding hydrogens is 533 g/mol. The number of anilines is 1. The van der Waals surface area contributed by atoms with Gasteiger partial charge in [0, 0.05) is 29.4 Å². The van der Waals surface area contributed by atoms with Gasteiger partial charge in [0.25, 0.3) is 5.91 Å². The first kappa shape index (κ1) is 24.8. The van der Waals surface area contributed by atoms with Crippen LogP contribution in [0.5, 0.6) is 0 Å². The van der Waals surface area contributed by atoms with Crippen LogP contribution in [0.25, 0.3) is 26.5 Å². The third-order valence-corrected chi connectivity index (χ3v) is 7.82. The number of aryl methyl sites for hydroxylation is 1. The molecule has 6 aromatic rings. The van der Waals surface area contributed by atoms with Gasteiger partial charge in [0.15, 0.2) is 10.9 Å². The molecule has 3 aromatic carbocycles. The minimum absolute atomic E-state index is 0.161. The molecule has 3 heterocycles. The number of amides is 1. The van der Waals surface area contributed by atoms with Gasteiger partial charge in [0.2, 0.25) is 0 Å². The van der Waals surface area contributed by atoms with Crippen molar-refractivity contribution in [2.24, 2.45) is 0 Å². The Morgan fingerprint density at radius 1 is 1.03 bits per heavy atom. The fourth-order valence-corrected chi connectivity index (χ4v) is 5.80. The zero-order chi connectivity index (χ0) is 26.8. The summed E-state index contributed by atoms with van der Waals surface area (Å²) in [5.74, 6) is -0.446. The molecule has 0 unspecified atom stereocenters. The molecule has 0 radical (unpaired) electrons. The molecule has 39 heavy (non-hydrogen) atoms. The van der Waals surface area contributed by atoms with E-state index >= 15 is 0 Å². The number of carbonyl (C=O) groups is 1. The molecule has 3 aromatic heterocycles. The Kier molecular flexibility index (Phi) is 6.82. The minimum Gasteiger partial charge on any atom is -0.321 e. The SMILES string of the molecule is Cc1ccc2nc(-c3ccc(NC(=O)c4nnn(-c5ccc(F)cc5)c4CSc4ncccn4)cc3)sc2c1. The van der Waals surface area contributed by atoms with E-state index in [-0.39, 0.29) is 11.5 Å². The normalized spacial score (nSPS) is 11.1. The number of fused-ring (bicyclic) bond motifs is 1. The average Bonchev–Trinajstić information content (AvgIpc) is 3.57. The lowest BCUT2D eigenvalue weighted by atomic mass is 10.2. The van der Waals surface area contributed by atoms with Crippen LogP contribution in [-0.2, 0) is 5.75 Å². The standard InChI is InChI=1S/C28H20FN7OS2/c1-17-3-12-22-24(15-17)39-27(33-22)18-4-8-20(9-5-18)32-26(37)25-23(16-38-28-30-13-2-14-31-28)36(35-34-25)21-10-6-19(29)7-11-21/h2-15H,16H2,1H3,(H,32,37). The van der Waals surface area contributed by atoms with E-state index < -0.39 is 5.91 Å². The number of nitrogens with one attached hydrogen (secondary N) is 1. The van der Waals surface area contributed by atoms with E-state index in [1.54, 1.807) is 41.9 Å². The van der Waals surface area contributed by atoms with E-state index in [0.717, 1.165) is 20.8 Å². The Balaban J connectivity index is 1.25. The summed E-state index contributed by atoms with van der Waals surface area (Å²) in [5.41, 5.74) is 5.03. The first-order valence-electron chi connectivity index (χ1n) is 11.9. The van der Waals surface area contributed by atoms with Gasteiger partial charge < -0.3 is 5.32 Å².